The van der Waals surface area contributed by atoms with Crippen LogP contribution in [0, 0.1) is 0 Å². The summed E-state index contributed by atoms with van der Waals surface area (Å²) in [6.45, 7) is -2.40. The van der Waals surface area contributed by atoms with Gasteiger partial charge < -0.3 is 89.9 Å². The molecule has 2 amide bonds. The molecule has 3 heterocycles. The number of carbonyl (C=O) groups excluding carboxylic acids is 2. The van der Waals surface area contributed by atoms with Gasteiger partial charge in [-0.3, -0.25) is 14.3 Å². The lowest BCUT2D eigenvalue weighted by molar-refractivity contribution is -0.366. The molecule has 3 fully saturated rings. The van der Waals surface area contributed by atoms with E-state index < -0.39 is 112 Å². The Balaban J connectivity index is 0.00000399. The molecule has 3 aliphatic rings. The number of nitrogens with one attached hydrogen (secondary N) is 2. The van der Waals surface area contributed by atoms with Crippen molar-refractivity contribution in [3.05, 3.63) is 30.3 Å². The molecular weight excluding hydrogens is 760 g/mol. The maximum atomic E-state index is 12.4. The zero-order valence-electron chi connectivity index (χ0n) is 30.0. The monoisotopic (exact) mass is 814 g/mol. The van der Waals surface area contributed by atoms with Crippen molar-refractivity contribution in [2.75, 3.05) is 40.1 Å². The zero-order valence-corrected chi connectivity index (χ0v) is 30.8. The van der Waals surface area contributed by atoms with Gasteiger partial charge in [0.2, 0.25) is 11.8 Å². The van der Waals surface area contributed by atoms with Gasteiger partial charge in [0.1, 0.15) is 73.2 Å². The molecule has 0 aromatic heterocycles. The summed E-state index contributed by atoms with van der Waals surface area (Å²) in [6.07, 6.45) is -23.8. The molecule has 15 atom stereocenters. The number of aliphatic hydroxyl groups is 11. The summed E-state index contributed by atoms with van der Waals surface area (Å²) >= 11 is 1.20. The highest BCUT2D eigenvalue weighted by Gasteiger charge is 2.52. The molecule has 3 saturated heterocycles. The lowest BCUT2D eigenvalue weighted by Crippen LogP contribution is -2.65. The van der Waals surface area contributed by atoms with E-state index in [1.54, 1.807) is 0 Å². The third kappa shape index (κ3) is 13.4. The van der Waals surface area contributed by atoms with Crippen LogP contribution in [0.1, 0.15) is 25.7 Å². The number of benzene rings is 1. The van der Waals surface area contributed by atoms with Gasteiger partial charge in [-0.25, -0.2) is 0 Å². The van der Waals surface area contributed by atoms with Crippen LogP contribution in [-0.4, -0.2) is 200 Å². The fourth-order valence-electron chi connectivity index (χ4n) is 5.75. The first-order valence-corrected chi connectivity index (χ1v) is 18.4. The van der Waals surface area contributed by atoms with Gasteiger partial charge in [-0.05, 0) is 36.9 Å². The van der Waals surface area contributed by atoms with Crippen molar-refractivity contribution < 1.29 is 94.2 Å². The fourth-order valence-corrected chi connectivity index (χ4v) is 6.38. The van der Waals surface area contributed by atoms with Gasteiger partial charge in [0.05, 0.1) is 26.4 Å². The average Bonchev–Trinajstić information content (AvgIpc) is 3.20. The molecule has 0 saturated carbocycles. The van der Waals surface area contributed by atoms with Gasteiger partial charge in [-0.2, -0.15) is 0 Å². The summed E-state index contributed by atoms with van der Waals surface area (Å²) in [5.74, 6) is -0.502. The van der Waals surface area contributed by atoms with Crippen molar-refractivity contribution in [3.63, 3.8) is 0 Å². The molecule has 22 heteroatoms. The van der Waals surface area contributed by atoms with Crippen molar-refractivity contribution >= 4 is 23.8 Å². The predicted octanol–water partition coefficient (Wildman–Crippen LogP) is -5.44. The van der Waals surface area contributed by atoms with E-state index in [2.05, 4.69) is 10.0 Å². The predicted molar refractivity (Wildman–Crippen MR) is 185 cm³/mol. The second-order valence-electron chi connectivity index (χ2n) is 12.7. The Hall–Kier alpha value is -2.17. The highest BCUT2D eigenvalue weighted by molar-refractivity contribution is 7.98. The van der Waals surface area contributed by atoms with Crippen molar-refractivity contribution in [2.45, 2.75) is 123 Å². The molecule has 0 radical (unpaired) electrons. The second kappa shape index (κ2) is 23.9. The van der Waals surface area contributed by atoms with Crippen LogP contribution < -0.4 is 10.0 Å². The number of ether oxygens (including phenoxy) is 6. The maximum Gasteiger partial charge on any atom is 0.230 e. The largest absolute Gasteiger partial charge is 0.400 e. The standard InChI is InChI=1S/C32H50N2O18S.CH4O/c35-12-16-21(39)24(42)26(44)30(49-16)48-14-18-23(41)29(52-32-27(45)25(43)22(40)17(13-36)50-32)28(46)31(51-18)47-11-10-33-19(37)8-4-5-9-20(38)34-53-15-6-2-1-3-7-15;1-2/h1-3,6-7,16-18,21-32,35-36,39-46H,4-5,8-14H2,(H,33,37)(H,34,38);2H,1H3/t16?,17?,18?,21-,22-,23-,24?,25?,26?,27?,28?,29?,30+,31+,32-;/m1./s1. The summed E-state index contributed by atoms with van der Waals surface area (Å²) < 4.78 is 35.9. The van der Waals surface area contributed by atoms with Crippen LogP contribution in [0.15, 0.2) is 35.2 Å². The van der Waals surface area contributed by atoms with Crippen LogP contribution in [0.2, 0.25) is 0 Å². The Kier molecular flexibility index (Phi) is 20.5. The van der Waals surface area contributed by atoms with Crippen molar-refractivity contribution in [2.24, 2.45) is 0 Å². The molecule has 3 aliphatic heterocycles. The van der Waals surface area contributed by atoms with Crippen molar-refractivity contribution in [1.82, 2.24) is 10.0 Å². The Morgan fingerprint density at radius 1 is 0.655 bits per heavy atom. The van der Waals surface area contributed by atoms with Gasteiger partial charge in [0.15, 0.2) is 18.9 Å². The maximum absolute atomic E-state index is 12.4. The Morgan fingerprint density at radius 2 is 1.18 bits per heavy atom. The Bertz CT molecular complexity index is 1260. The Labute approximate surface area is 320 Å². The van der Waals surface area contributed by atoms with Gasteiger partial charge in [-0.1, -0.05) is 18.2 Å². The normalized spacial score (nSPS) is 36.3. The lowest BCUT2D eigenvalue weighted by atomic mass is 9.96. The van der Waals surface area contributed by atoms with E-state index in [0.717, 1.165) is 12.0 Å². The molecule has 0 aliphatic carbocycles. The summed E-state index contributed by atoms with van der Waals surface area (Å²) in [5.41, 5.74) is 0. The van der Waals surface area contributed by atoms with Crippen LogP contribution in [0.5, 0.6) is 0 Å². The smallest absolute Gasteiger partial charge is 0.230 e. The average molecular weight is 815 g/mol. The molecule has 0 bridgehead atoms. The first-order valence-electron chi connectivity index (χ1n) is 17.6. The number of unbranched alkanes of at least 4 members (excludes halogenated alkanes) is 1. The Morgan fingerprint density at radius 3 is 1.78 bits per heavy atom. The number of carbonyl (C=O) groups is 2. The minimum absolute atomic E-state index is 0.0492. The van der Waals surface area contributed by atoms with E-state index in [4.69, 9.17) is 33.5 Å². The molecule has 21 nitrogen and oxygen atoms in total. The quantitative estimate of drug-likeness (QED) is 0.0486. The molecule has 4 rings (SSSR count). The van der Waals surface area contributed by atoms with Crippen LogP contribution in [-0.2, 0) is 38.0 Å². The van der Waals surface area contributed by atoms with Gasteiger partial charge >= 0.3 is 0 Å². The van der Waals surface area contributed by atoms with E-state index in [9.17, 15) is 60.7 Å². The van der Waals surface area contributed by atoms with E-state index in [1.165, 1.54) is 11.9 Å². The number of aliphatic hydroxyl groups excluding tert-OH is 11. The zero-order chi connectivity index (χ0) is 40.7. The fraction of sp³-hybridized carbons (Fsp3) is 0.758. The van der Waals surface area contributed by atoms with E-state index in [1.807, 2.05) is 30.3 Å². The number of rotatable bonds is 18. The molecular formula is C33H54N2O19S. The molecule has 0 spiro atoms. The molecule has 13 N–H and O–H groups in total. The highest BCUT2D eigenvalue weighted by Crippen LogP contribution is 2.31. The molecule has 1 aromatic rings. The topological polar surface area (TPSA) is 336 Å². The highest BCUT2D eigenvalue weighted by atomic mass is 32.2. The van der Waals surface area contributed by atoms with Crippen LogP contribution >= 0.6 is 11.9 Å². The second-order valence-corrected chi connectivity index (χ2v) is 13.6. The minimum atomic E-state index is -1.89. The molecule has 9 unspecified atom stereocenters. The first kappa shape index (κ1) is 47.2. The SMILES string of the molecule is CO.O=C(CCCCC(=O)NSc1ccccc1)NCCO[C@H]1OC(CO[C@H]2OC(CO)[C@@H](O)C(O)C2O)[C@@H](O)C(O[C@H]2OC(CO)[C@@H](O)C(O)C2O)C1O. The summed E-state index contributed by atoms with van der Waals surface area (Å²) in [4.78, 5) is 25.3. The third-order valence-electron chi connectivity index (χ3n) is 8.84. The van der Waals surface area contributed by atoms with Crippen LogP contribution in [0.3, 0.4) is 0 Å². The number of amides is 2. The van der Waals surface area contributed by atoms with E-state index in [-0.39, 0.29) is 37.8 Å². The summed E-state index contributed by atoms with van der Waals surface area (Å²) in [7, 11) is 1.00. The van der Waals surface area contributed by atoms with Gasteiger partial charge in [-0.15, -0.1) is 0 Å². The minimum Gasteiger partial charge on any atom is -0.400 e. The molecule has 1 aromatic carbocycles. The van der Waals surface area contributed by atoms with Crippen LogP contribution in [0.4, 0.5) is 0 Å². The summed E-state index contributed by atoms with van der Waals surface area (Å²) in [5, 5.41) is 112. The van der Waals surface area contributed by atoms with Crippen LogP contribution in [0.25, 0.3) is 0 Å². The van der Waals surface area contributed by atoms with E-state index in [0.29, 0.717) is 12.8 Å². The van der Waals surface area contributed by atoms with Crippen molar-refractivity contribution in [1.29, 1.82) is 0 Å². The summed E-state index contributed by atoms with van der Waals surface area (Å²) in [6, 6.07) is 9.30. The lowest BCUT2D eigenvalue weighted by Gasteiger charge is -2.46. The van der Waals surface area contributed by atoms with Gasteiger partial charge in [0.25, 0.3) is 0 Å². The first-order chi connectivity index (χ1) is 26.4. The van der Waals surface area contributed by atoms with Crippen molar-refractivity contribution in [3.8, 4) is 0 Å². The van der Waals surface area contributed by atoms with E-state index >= 15 is 0 Å². The third-order valence-corrected chi connectivity index (χ3v) is 9.68. The number of hydrogen-bond acceptors (Lipinski definition) is 20. The van der Waals surface area contributed by atoms with Gasteiger partial charge in [0, 0.05) is 31.4 Å². The molecule has 316 valence electrons. The molecule has 55 heavy (non-hydrogen) atoms. The number of hydrogen-bond donors (Lipinski definition) is 13.